The SMILES string of the molecule is Nc1c(N)c2c3ccccc3cc3ccc4cccc1c4c32. The molecule has 0 spiro atoms. The molecule has 0 aliphatic heterocycles. The zero-order valence-corrected chi connectivity index (χ0v) is 11.9. The average Bonchev–Trinajstić information content (AvgIpc) is 2.56. The van der Waals surface area contributed by atoms with E-state index in [1.165, 1.54) is 26.9 Å². The number of hydrogen-bond acceptors (Lipinski definition) is 2. The third-order valence-corrected chi connectivity index (χ3v) is 4.72. The molecular weight excluding hydrogens is 268 g/mol. The van der Waals surface area contributed by atoms with Crippen LogP contribution in [0, 0.1) is 0 Å². The van der Waals surface area contributed by atoms with Crippen LogP contribution in [0.5, 0.6) is 0 Å². The van der Waals surface area contributed by atoms with Gasteiger partial charge in [0.15, 0.2) is 0 Å². The maximum atomic E-state index is 6.44. The van der Waals surface area contributed by atoms with E-state index in [1.54, 1.807) is 0 Å². The van der Waals surface area contributed by atoms with Crippen LogP contribution in [0.4, 0.5) is 11.4 Å². The lowest BCUT2D eigenvalue weighted by molar-refractivity contribution is 1.75. The molecule has 2 heteroatoms. The minimum absolute atomic E-state index is 0.682. The fraction of sp³-hybridized carbons (Fsp3) is 0. The van der Waals surface area contributed by atoms with Crippen LogP contribution in [0.2, 0.25) is 0 Å². The second-order valence-corrected chi connectivity index (χ2v) is 5.87. The van der Waals surface area contributed by atoms with Gasteiger partial charge in [0.2, 0.25) is 0 Å². The second kappa shape index (κ2) is 3.80. The van der Waals surface area contributed by atoms with E-state index in [2.05, 4.69) is 54.6 Å². The molecule has 0 heterocycles. The Morgan fingerprint density at radius 3 is 2.14 bits per heavy atom. The van der Waals surface area contributed by atoms with Gasteiger partial charge in [0.25, 0.3) is 0 Å². The highest BCUT2D eigenvalue weighted by molar-refractivity contribution is 6.35. The lowest BCUT2D eigenvalue weighted by Crippen LogP contribution is -1.99. The summed E-state index contributed by atoms with van der Waals surface area (Å²) in [7, 11) is 0. The molecule has 0 bridgehead atoms. The monoisotopic (exact) mass is 282 g/mol. The number of benzene rings is 5. The number of nitrogens with two attached hydrogens (primary N) is 2. The summed E-state index contributed by atoms with van der Waals surface area (Å²) in [5.74, 6) is 0. The van der Waals surface area contributed by atoms with Crippen molar-refractivity contribution >= 4 is 54.5 Å². The predicted octanol–water partition coefficient (Wildman–Crippen LogP) is 4.90. The second-order valence-electron chi connectivity index (χ2n) is 5.87. The molecule has 22 heavy (non-hydrogen) atoms. The van der Waals surface area contributed by atoms with Crippen LogP contribution in [0.15, 0.2) is 60.7 Å². The zero-order chi connectivity index (χ0) is 14.8. The highest BCUT2D eigenvalue weighted by atomic mass is 14.7. The van der Waals surface area contributed by atoms with Crippen molar-refractivity contribution in [3.8, 4) is 0 Å². The highest BCUT2D eigenvalue weighted by Gasteiger charge is 2.16. The number of rotatable bonds is 0. The Hall–Kier alpha value is -3.00. The Kier molecular flexibility index (Phi) is 2.01. The van der Waals surface area contributed by atoms with Gasteiger partial charge in [0.1, 0.15) is 0 Å². The molecule has 104 valence electrons. The molecule has 0 saturated carbocycles. The van der Waals surface area contributed by atoms with E-state index in [9.17, 15) is 0 Å². The molecule has 0 aliphatic carbocycles. The van der Waals surface area contributed by atoms with E-state index in [0.717, 1.165) is 16.2 Å². The first-order valence-electron chi connectivity index (χ1n) is 7.39. The average molecular weight is 282 g/mol. The molecule has 0 atom stereocenters. The summed E-state index contributed by atoms with van der Waals surface area (Å²) in [5, 5.41) is 9.34. The molecule has 2 nitrogen and oxygen atoms in total. The molecule has 0 aliphatic rings. The minimum Gasteiger partial charge on any atom is -0.397 e. The van der Waals surface area contributed by atoms with Crippen LogP contribution >= 0.6 is 0 Å². The molecular formula is C20H14N2. The van der Waals surface area contributed by atoms with Crippen LogP contribution < -0.4 is 11.5 Å². The van der Waals surface area contributed by atoms with Crippen molar-refractivity contribution in [2.75, 3.05) is 11.5 Å². The summed E-state index contributed by atoms with van der Waals surface area (Å²) in [4.78, 5) is 0. The van der Waals surface area contributed by atoms with Crippen LogP contribution in [0.1, 0.15) is 0 Å². The smallest absolute Gasteiger partial charge is 0.0640 e. The van der Waals surface area contributed by atoms with Gasteiger partial charge < -0.3 is 11.5 Å². The topological polar surface area (TPSA) is 52.0 Å². The molecule has 5 rings (SSSR count). The Bertz CT molecular complexity index is 1190. The van der Waals surface area contributed by atoms with E-state index in [1.807, 2.05) is 6.07 Å². The quantitative estimate of drug-likeness (QED) is 0.241. The van der Waals surface area contributed by atoms with Crippen LogP contribution in [0.3, 0.4) is 0 Å². The van der Waals surface area contributed by atoms with Gasteiger partial charge >= 0.3 is 0 Å². The highest BCUT2D eigenvalue weighted by Crippen LogP contribution is 2.44. The fourth-order valence-electron chi connectivity index (χ4n) is 3.72. The maximum absolute atomic E-state index is 6.44. The summed E-state index contributed by atoms with van der Waals surface area (Å²) < 4.78 is 0. The molecule has 4 N–H and O–H groups in total. The number of anilines is 2. The first kappa shape index (κ1) is 11.6. The van der Waals surface area contributed by atoms with Gasteiger partial charge in [-0.25, -0.2) is 0 Å². The van der Waals surface area contributed by atoms with Crippen molar-refractivity contribution < 1.29 is 0 Å². The van der Waals surface area contributed by atoms with Crippen molar-refractivity contribution in [2.45, 2.75) is 0 Å². The molecule has 5 aromatic rings. The molecule has 5 aromatic carbocycles. The Balaban J connectivity index is 2.28. The van der Waals surface area contributed by atoms with Gasteiger partial charge in [-0.05, 0) is 33.0 Å². The normalized spacial score (nSPS) is 12.0. The van der Waals surface area contributed by atoms with Crippen molar-refractivity contribution in [3.05, 3.63) is 60.7 Å². The van der Waals surface area contributed by atoms with Crippen LogP contribution in [-0.4, -0.2) is 0 Å². The van der Waals surface area contributed by atoms with Gasteiger partial charge in [0, 0.05) is 16.2 Å². The maximum Gasteiger partial charge on any atom is 0.0640 e. The van der Waals surface area contributed by atoms with E-state index >= 15 is 0 Å². The molecule has 0 radical (unpaired) electrons. The van der Waals surface area contributed by atoms with Crippen molar-refractivity contribution in [1.82, 2.24) is 0 Å². The third-order valence-electron chi connectivity index (χ3n) is 4.72. The minimum atomic E-state index is 0.682. The zero-order valence-electron chi connectivity index (χ0n) is 11.9. The Morgan fingerprint density at radius 1 is 0.500 bits per heavy atom. The number of fused-ring (bicyclic) bond motifs is 2. The summed E-state index contributed by atoms with van der Waals surface area (Å²) in [5.41, 5.74) is 14.2. The van der Waals surface area contributed by atoms with Gasteiger partial charge in [-0.2, -0.15) is 0 Å². The van der Waals surface area contributed by atoms with E-state index in [-0.39, 0.29) is 0 Å². The predicted molar refractivity (Wildman–Crippen MR) is 96.5 cm³/mol. The van der Waals surface area contributed by atoms with Crippen molar-refractivity contribution in [3.63, 3.8) is 0 Å². The van der Waals surface area contributed by atoms with Gasteiger partial charge in [-0.1, -0.05) is 54.6 Å². The van der Waals surface area contributed by atoms with E-state index in [0.29, 0.717) is 11.4 Å². The Labute approximate surface area is 127 Å². The third kappa shape index (κ3) is 1.25. The molecule has 0 amide bonds. The van der Waals surface area contributed by atoms with Crippen molar-refractivity contribution in [2.24, 2.45) is 0 Å². The summed E-state index contributed by atoms with van der Waals surface area (Å²) in [6, 6.07) is 21.1. The Morgan fingerprint density at radius 2 is 1.23 bits per heavy atom. The first-order valence-corrected chi connectivity index (χ1v) is 7.39. The van der Waals surface area contributed by atoms with Gasteiger partial charge in [-0.3, -0.25) is 0 Å². The first-order chi connectivity index (χ1) is 10.8. The standard InChI is InChI=1S/C20H14N2/c21-19-15-7-3-5-11-8-9-13-10-12-4-1-2-6-14(12)18(20(19)22)17(13)16(11)15/h1-10H,21-22H2. The molecule has 0 saturated heterocycles. The molecule has 0 unspecified atom stereocenters. The lowest BCUT2D eigenvalue weighted by atomic mass is 9.89. The molecule has 0 aromatic heterocycles. The van der Waals surface area contributed by atoms with Crippen LogP contribution in [-0.2, 0) is 0 Å². The van der Waals surface area contributed by atoms with Crippen LogP contribution in [0.25, 0.3) is 43.1 Å². The summed E-state index contributed by atoms with van der Waals surface area (Å²) >= 11 is 0. The fourth-order valence-corrected chi connectivity index (χ4v) is 3.72. The summed E-state index contributed by atoms with van der Waals surface area (Å²) in [6.45, 7) is 0. The lowest BCUT2D eigenvalue weighted by Gasteiger charge is -2.17. The van der Waals surface area contributed by atoms with Gasteiger partial charge in [0.05, 0.1) is 11.4 Å². The molecule has 0 fully saturated rings. The van der Waals surface area contributed by atoms with Crippen molar-refractivity contribution in [1.29, 1.82) is 0 Å². The van der Waals surface area contributed by atoms with E-state index in [4.69, 9.17) is 11.5 Å². The number of nitrogen functional groups attached to an aromatic ring is 2. The number of hydrogen-bond donors (Lipinski definition) is 2. The largest absolute Gasteiger partial charge is 0.397 e. The summed E-state index contributed by atoms with van der Waals surface area (Å²) in [6.07, 6.45) is 0. The van der Waals surface area contributed by atoms with Gasteiger partial charge in [-0.15, -0.1) is 0 Å². The van der Waals surface area contributed by atoms with E-state index < -0.39 is 0 Å².